The van der Waals surface area contributed by atoms with Crippen molar-refractivity contribution in [3.63, 3.8) is 0 Å². The van der Waals surface area contributed by atoms with E-state index in [2.05, 4.69) is 15.4 Å². The van der Waals surface area contributed by atoms with Gasteiger partial charge in [0.2, 0.25) is 0 Å². The summed E-state index contributed by atoms with van der Waals surface area (Å²) in [5.41, 5.74) is 1.29. The Balaban J connectivity index is 2.01. The number of aromatic carboxylic acids is 1. The van der Waals surface area contributed by atoms with Gasteiger partial charge in [0.1, 0.15) is 5.56 Å². The summed E-state index contributed by atoms with van der Waals surface area (Å²) in [5, 5.41) is 18.3. The molecule has 1 amide bonds. The molecular weight excluding hydrogens is 388 g/mol. The molecule has 0 saturated carbocycles. The fourth-order valence-electron chi connectivity index (χ4n) is 3.06. The number of carbonyl (C=O) groups excluding carboxylic acids is 3. The Labute approximate surface area is 172 Å². The summed E-state index contributed by atoms with van der Waals surface area (Å²) in [6.45, 7) is 5.31. The Morgan fingerprint density at radius 2 is 1.80 bits per heavy atom. The zero-order valence-corrected chi connectivity index (χ0v) is 16.6. The van der Waals surface area contributed by atoms with Crippen LogP contribution >= 0.6 is 0 Å². The molecule has 0 fully saturated rings. The molecule has 9 nitrogen and oxygen atoms in total. The smallest absolute Gasteiger partial charge is 0.341 e. The van der Waals surface area contributed by atoms with Gasteiger partial charge in [0.15, 0.2) is 5.82 Å². The van der Waals surface area contributed by atoms with Gasteiger partial charge < -0.3 is 20.0 Å². The Kier molecular flexibility index (Phi) is 5.91. The fraction of sp³-hybridized carbons (Fsp3) is 0.190. The zero-order chi connectivity index (χ0) is 21.8. The van der Waals surface area contributed by atoms with Crippen LogP contribution in [0.3, 0.4) is 0 Å². The lowest BCUT2D eigenvalue weighted by atomic mass is 10.1. The van der Waals surface area contributed by atoms with E-state index >= 15 is 0 Å². The number of nitrogens with zero attached hydrogens (tertiary/aromatic N) is 3. The number of anilines is 1. The van der Waals surface area contributed by atoms with Crippen molar-refractivity contribution in [2.45, 2.75) is 20.8 Å². The average molecular weight is 407 g/mol. The van der Waals surface area contributed by atoms with Gasteiger partial charge in [0.05, 0.1) is 29.7 Å². The molecule has 0 bridgehead atoms. The van der Waals surface area contributed by atoms with Crippen LogP contribution in [0.25, 0.3) is 5.82 Å². The summed E-state index contributed by atoms with van der Waals surface area (Å²) >= 11 is 0. The highest BCUT2D eigenvalue weighted by Crippen LogP contribution is 2.23. The summed E-state index contributed by atoms with van der Waals surface area (Å²) in [6, 6.07) is 8.95. The quantitative estimate of drug-likeness (QED) is 0.616. The number of pyridine rings is 1. The Hall–Kier alpha value is -4.01. The number of carboxylic acid groups (broad SMARTS) is 1. The molecule has 2 aromatic heterocycles. The van der Waals surface area contributed by atoms with Crippen LogP contribution in [0.15, 0.2) is 42.6 Å². The molecule has 0 aliphatic carbocycles. The summed E-state index contributed by atoms with van der Waals surface area (Å²) < 4.78 is 6.52. The van der Waals surface area contributed by atoms with Gasteiger partial charge in [0, 0.05) is 17.3 Å². The SMILES string of the molecule is CCOC(=O)c1c(C)nn(-c2ncccc2NC(=O)c2ccccc2C(=O)[O-])c1C. The first-order chi connectivity index (χ1) is 14.3. The number of carboxylic acids is 1. The largest absolute Gasteiger partial charge is 0.545 e. The van der Waals surface area contributed by atoms with Gasteiger partial charge in [-0.1, -0.05) is 18.2 Å². The predicted molar refractivity (Wildman–Crippen MR) is 106 cm³/mol. The Morgan fingerprint density at radius 1 is 1.10 bits per heavy atom. The van der Waals surface area contributed by atoms with Crippen LogP contribution in [0.5, 0.6) is 0 Å². The molecule has 3 aromatic rings. The molecule has 1 N–H and O–H groups in total. The van der Waals surface area contributed by atoms with Gasteiger partial charge in [-0.2, -0.15) is 5.10 Å². The molecule has 30 heavy (non-hydrogen) atoms. The maximum atomic E-state index is 12.7. The number of amides is 1. The van der Waals surface area contributed by atoms with Crippen LogP contribution in [-0.4, -0.2) is 39.2 Å². The van der Waals surface area contributed by atoms with Crippen molar-refractivity contribution in [2.24, 2.45) is 0 Å². The number of aryl methyl sites for hydroxylation is 1. The highest BCUT2D eigenvalue weighted by atomic mass is 16.5. The summed E-state index contributed by atoms with van der Waals surface area (Å²) in [4.78, 5) is 40.6. The maximum absolute atomic E-state index is 12.7. The van der Waals surface area contributed by atoms with E-state index in [9.17, 15) is 19.5 Å². The molecule has 3 rings (SSSR count). The molecule has 154 valence electrons. The van der Waals surface area contributed by atoms with Gasteiger partial charge >= 0.3 is 5.97 Å². The van der Waals surface area contributed by atoms with Crippen molar-refractivity contribution in [2.75, 3.05) is 11.9 Å². The second-order valence-electron chi connectivity index (χ2n) is 6.34. The molecule has 2 heterocycles. The van der Waals surface area contributed by atoms with Crippen LogP contribution in [0.2, 0.25) is 0 Å². The number of rotatable bonds is 6. The van der Waals surface area contributed by atoms with E-state index in [1.807, 2.05) is 0 Å². The van der Waals surface area contributed by atoms with Crippen LogP contribution in [0, 0.1) is 13.8 Å². The van der Waals surface area contributed by atoms with E-state index < -0.39 is 17.8 Å². The standard InChI is InChI=1S/C21H20N4O5/c1-4-30-21(29)17-12(2)24-25(13(17)3)18-16(10-7-11-22-18)23-19(26)14-8-5-6-9-15(14)20(27)28/h5-11H,4H2,1-3H3,(H,23,26)(H,27,28)/p-1. The van der Waals surface area contributed by atoms with Crippen LogP contribution in [0.4, 0.5) is 5.69 Å². The summed E-state index contributed by atoms with van der Waals surface area (Å²) in [5.74, 6) is -2.32. The molecule has 0 saturated heterocycles. The van der Waals surface area contributed by atoms with Crippen LogP contribution in [-0.2, 0) is 4.74 Å². The molecule has 1 aromatic carbocycles. The predicted octanol–water partition coefficient (Wildman–Crippen LogP) is 1.68. The van der Waals surface area contributed by atoms with Crippen molar-refractivity contribution >= 4 is 23.5 Å². The van der Waals surface area contributed by atoms with Gasteiger partial charge in [-0.05, 0) is 39.0 Å². The number of nitrogens with one attached hydrogen (secondary N) is 1. The molecule has 0 spiro atoms. The first kappa shape index (κ1) is 20.7. The minimum atomic E-state index is -1.45. The monoisotopic (exact) mass is 407 g/mol. The number of hydrogen-bond acceptors (Lipinski definition) is 7. The Bertz CT molecular complexity index is 1140. The lowest BCUT2D eigenvalue weighted by molar-refractivity contribution is -0.255. The van der Waals surface area contributed by atoms with Crippen LogP contribution in [0.1, 0.15) is 49.4 Å². The molecule has 0 aliphatic heterocycles. The van der Waals surface area contributed by atoms with Gasteiger partial charge in [-0.15, -0.1) is 0 Å². The van der Waals surface area contributed by atoms with Crippen molar-refractivity contribution in [3.05, 3.63) is 70.7 Å². The highest BCUT2D eigenvalue weighted by molar-refractivity contribution is 6.10. The maximum Gasteiger partial charge on any atom is 0.341 e. The molecule has 0 radical (unpaired) electrons. The van der Waals surface area contributed by atoms with Crippen LogP contribution < -0.4 is 10.4 Å². The van der Waals surface area contributed by atoms with Gasteiger partial charge in [0.25, 0.3) is 5.91 Å². The summed E-state index contributed by atoms with van der Waals surface area (Å²) in [6.07, 6.45) is 1.51. The van der Waals surface area contributed by atoms with Crippen molar-refractivity contribution in [3.8, 4) is 5.82 Å². The van der Waals surface area contributed by atoms with E-state index in [-0.39, 0.29) is 29.2 Å². The highest BCUT2D eigenvalue weighted by Gasteiger charge is 2.23. The fourth-order valence-corrected chi connectivity index (χ4v) is 3.06. The third-order valence-corrected chi connectivity index (χ3v) is 4.40. The zero-order valence-electron chi connectivity index (χ0n) is 16.6. The summed E-state index contributed by atoms with van der Waals surface area (Å²) in [7, 11) is 0. The second kappa shape index (κ2) is 8.56. The number of carbonyl (C=O) groups is 3. The third kappa shape index (κ3) is 3.90. The normalized spacial score (nSPS) is 10.5. The van der Waals surface area contributed by atoms with Crippen molar-refractivity contribution in [1.82, 2.24) is 14.8 Å². The number of hydrogen-bond donors (Lipinski definition) is 1. The van der Waals surface area contributed by atoms with E-state index in [1.54, 1.807) is 39.0 Å². The molecule has 0 aliphatic rings. The second-order valence-corrected chi connectivity index (χ2v) is 6.34. The minimum Gasteiger partial charge on any atom is -0.545 e. The first-order valence-corrected chi connectivity index (χ1v) is 9.15. The topological polar surface area (TPSA) is 126 Å². The minimum absolute atomic E-state index is 0.0483. The number of esters is 1. The molecule has 0 unspecified atom stereocenters. The van der Waals surface area contributed by atoms with Crippen molar-refractivity contribution < 1.29 is 24.2 Å². The van der Waals surface area contributed by atoms with Gasteiger partial charge in [-0.3, -0.25) is 4.79 Å². The number of benzene rings is 1. The lowest BCUT2D eigenvalue weighted by Gasteiger charge is -2.13. The van der Waals surface area contributed by atoms with E-state index in [1.165, 1.54) is 29.1 Å². The van der Waals surface area contributed by atoms with E-state index in [0.717, 1.165) is 0 Å². The lowest BCUT2D eigenvalue weighted by Crippen LogP contribution is -2.26. The van der Waals surface area contributed by atoms with E-state index in [0.29, 0.717) is 17.0 Å². The number of aromatic nitrogens is 3. The molecular formula is C21H19N4O5-. The first-order valence-electron chi connectivity index (χ1n) is 9.15. The third-order valence-electron chi connectivity index (χ3n) is 4.40. The average Bonchev–Trinajstić information content (AvgIpc) is 3.02. The molecule has 9 heteroatoms. The van der Waals surface area contributed by atoms with Gasteiger partial charge in [-0.25, -0.2) is 14.5 Å². The molecule has 0 atom stereocenters. The van der Waals surface area contributed by atoms with Crippen molar-refractivity contribution in [1.29, 1.82) is 0 Å². The Morgan fingerprint density at radius 3 is 2.47 bits per heavy atom. The number of ether oxygens (including phenoxy) is 1. The van der Waals surface area contributed by atoms with E-state index in [4.69, 9.17) is 4.74 Å².